The maximum absolute atomic E-state index is 5.51. The van der Waals surface area contributed by atoms with Gasteiger partial charge in [0.2, 0.25) is 0 Å². The van der Waals surface area contributed by atoms with Gasteiger partial charge in [-0.25, -0.2) is 0 Å². The molecule has 0 aliphatic rings. The number of nitrogens with two attached hydrogens (primary N) is 2. The van der Waals surface area contributed by atoms with E-state index in [1.807, 2.05) is 13.8 Å². The zero-order valence-corrected chi connectivity index (χ0v) is 6.27. The second-order valence-electron chi connectivity index (χ2n) is 2.33. The van der Waals surface area contributed by atoms with Crippen molar-refractivity contribution in [3.8, 4) is 0 Å². The van der Waals surface area contributed by atoms with Gasteiger partial charge in [-0.1, -0.05) is 0 Å². The van der Waals surface area contributed by atoms with Crippen molar-refractivity contribution in [1.29, 1.82) is 0 Å². The van der Waals surface area contributed by atoms with Crippen LogP contribution in [-0.2, 0) is 6.54 Å². The standard InChI is InChI=1S/C7H12N2O/c1-4-5(2)10-7(9)6(4)3-8/h3,8-9H2,1-2H3. The normalized spacial score (nSPS) is 10.3. The molecule has 1 aromatic rings. The van der Waals surface area contributed by atoms with Crippen molar-refractivity contribution in [2.24, 2.45) is 5.73 Å². The zero-order valence-electron chi connectivity index (χ0n) is 6.27. The second kappa shape index (κ2) is 2.34. The van der Waals surface area contributed by atoms with Crippen LogP contribution in [0.1, 0.15) is 16.9 Å². The highest BCUT2D eigenvalue weighted by Gasteiger charge is 2.08. The Bertz CT molecular complexity index is 240. The maximum atomic E-state index is 5.51. The summed E-state index contributed by atoms with van der Waals surface area (Å²) in [5.41, 5.74) is 12.9. The molecule has 0 aromatic carbocycles. The summed E-state index contributed by atoms with van der Waals surface area (Å²) in [5, 5.41) is 0. The third kappa shape index (κ3) is 0.885. The van der Waals surface area contributed by atoms with E-state index in [0.717, 1.165) is 16.9 Å². The number of hydrogen-bond acceptors (Lipinski definition) is 3. The minimum absolute atomic E-state index is 0.453. The van der Waals surface area contributed by atoms with Gasteiger partial charge in [0, 0.05) is 12.1 Å². The number of rotatable bonds is 1. The lowest BCUT2D eigenvalue weighted by atomic mass is 10.2. The van der Waals surface area contributed by atoms with Gasteiger partial charge in [-0.2, -0.15) is 0 Å². The highest BCUT2D eigenvalue weighted by Crippen LogP contribution is 2.22. The lowest BCUT2D eigenvalue weighted by Gasteiger charge is -1.91. The van der Waals surface area contributed by atoms with E-state index < -0.39 is 0 Å². The molecule has 0 aliphatic heterocycles. The molecular formula is C7H12N2O. The average molecular weight is 140 g/mol. The first-order valence-electron chi connectivity index (χ1n) is 3.21. The van der Waals surface area contributed by atoms with Crippen LogP contribution in [0.4, 0.5) is 5.88 Å². The molecule has 0 spiro atoms. The Hall–Kier alpha value is -0.960. The van der Waals surface area contributed by atoms with Crippen molar-refractivity contribution >= 4 is 5.88 Å². The Balaban J connectivity index is 3.20. The molecule has 0 fully saturated rings. The molecule has 0 radical (unpaired) electrons. The zero-order chi connectivity index (χ0) is 7.72. The Morgan fingerprint density at radius 2 is 2.00 bits per heavy atom. The van der Waals surface area contributed by atoms with Gasteiger partial charge in [-0.05, 0) is 19.4 Å². The molecule has 1 aromatic heterocycles. The predicted octanol–water partition coefficient (Wildman–Crippen LogP) is 0.937. The van der Waals surface area contributed by atoms with E-state index >= 15 is 0 Å². The largest absolute Gasteiger partial charge is 0.446 e. The summed E-state index contributed by atoms with van der Waals surface area (Å²) in [6.45, 7) is 4.29. The number of anilines is 1. The number of nitrogen functional groups attached to an aromatic ring is 1. The van der Waals surface area contributed by atoms with E-state index in [9.17, 15) is 0 Å². The van der Waals surface area contributed by atoms with Crippen molar-refractivity contribution < 1.29 is 4.42 Å². The van der Waals surface area contributed by atoms with Gasteiger partial charge in [-0.15, -0.1) is 0 Å². The number of aryl methyl sites for hydroxylation is 1. The summed E-state index contributed by atoms with van der Waals surface area (Å²) >= 11 is 0. The first-order valence-corrected chi connectivity index (χ1v) is 3.21. The van der Waals surface area contributed by atoms with E-state index in [1.165, 1.54) is 0 Å². The average Bonchev–Trinajstić information content (AvgIpc) is 2.09. The van der Waals surface area contributed by atoms with E-state index in [2.05, 4.69) is 0 Å². The second-order valence-corrected chi connectivity index (χ2v) is 2.33. The van der Waals surface area contributed by atoms with Gasteiger partial charge < -0.3 is 15.9 Å². The highest BCUT2D eigenvalue weighted by molar-refractivity contribution is 5.44. The van der Waals surface area contributed by atoms with Gasteiger partial charge in [0.15, 0.2) is 5.88 Å². The SMILES string of the molecule is Cc1oc(N)c(CN)c1C. The number of furan rings is 1. The molecule has 4 N–H and O–H groups in total. The topological polar surface area (TPSA) is 65.2 Å². The molecule has 1 rings (SSSR count). The fraction of sp³-hybridized carbons (Fsp3) is 0.429. The van der Waals surface area contributed by atoms with Gasteiger partial charge in [0.05, 0.1) is 0 Å². The maximum Gasteiger partial charge on any atom is 0.195 e. The Kier molecular flexibility index (Phi) is 1.68. The molecule has 10 heavy (non-hydrogen) atoms. The molecule has 1 heterocycles. The molecule has 0 atom stereocenters. The molecule has 56 valence electrons. The molecule has 0 unspecified atom stereocenters. The van der Waals surface area contributed by atoms with Crippen LogP contribution in [0.3, 0.4) is 0 Å². The fourth-order valence-electron chi connectivity index (χ4n) is 0.954. The fourth-order valence-corrected chi connectivity index (χ4v) is 0.954. The lowest BCUT2D eigenvalue weighted by Crippen LogP contribution is -1.99. The van der Waals surface area contributed by atoms with Crippen molar-refractivity contribution in [1.82, 2.24) is 0 Å². The van der Waals surface area contributed by atoms with E-state index in [0.29, 0.717) is 12.4 Å². The molecule has 0 aliphatic carbocycles. The highest BCUT2D eigenvalue weighted by atomic mass is 16.4. The Morgan fingerprint density at radius 1 is 1.40 bits per heavy atom. The van der Waals surface area contributed by atoms with Crippen LogP contribution >= 0.6 is 0 Å². The molecule has 0 amide bonds. The molecular weight excluding hydrogens is 128 g/mol. The minimum Gasteiger partial charge on any atom is -0.446 e. The van der Waals surface area contributed by atoms with Crippen LogP contribution in [0.2, 0.25) is 0 Å². The first kappa shape index (κ1) is 7.15. The lowest BCUT2D eigenvalue weighted by molar-refractivity contribution is 0.549. The first-order chi connectivity index (χ1) is 4.66. The minimum atomic E-state index is 0.453. The van der Waals surface area contributed by atoms with Crippen molar-refractivity contribution in [2.45, 2.75) is 20.4 Å². The van der Waals surface area contributed by atoms with Crippen LogP contribution in [0.15, 0.2) is 4.42 Å². The van der Waals surface area contributed by atoms with Crippen LogP contribution in [0.25, 0.3) is 0 Å². The van der Waals surface area contributed by atoms with Gasteiger partial charge in [-0.3, -0.25) is 0 Å². The molecule has 3 heteroatoms. The molecule has 0 bridgehead atoms. The van der Waals surface area contributed by atoms with Crippen molar-refractivity contribution in [3.05, 3.63) is 16.9 Å². The van der Waals surface area contributed by atoms with Crippen LogP contribution in [0.5, 0.6) is 0 Å². The summed E-state index contributed by atoms with van der Waals surface area (Å²) in [5.74, 6) is 1.32. The Morgan fingerprint density at radius 3 is 2.20 bits per heavy atom. The molecule has 0 saturated carbocycles. The van der Waals surface area contributed by atoms with E-state index in [1.54, 1.807) is 0 Å². The predicted molar refractivity (Wildman–Crippen MR) is 40.5 cm³/mol. The van der Waals surface area contributed by atoms with Gasteiger partial charge >= 0.3 is 0 Å². The summed E-state index contributed by atoms with van der Waals surface area (Å²) in [6, 6.07) is 0. The van der Waals surface area contributed by atoms with Crippen LogP contribution in [-0.4, -0.2) is 0 Å². The van der Waals surface area contributed by atoms with E-state index in [-0.39, 0.29) is 0 Å². The van der Waals surface area contributed by atoms with Crippen molar-refractivity contribution in [2.75, 3.05) is 5.73 Å². The smallest absolute Gasteiger partial charge is 0.195 e. The quantitative estimate of drug-likeness (QED) is 0.610. The third-order valence-corrected chi connectivity index (χ3v) is 1.75. The van der Waals surface area contributed by atoms with Gasteiger partial charge in [0.1, 0.15) is 5.76 Å². The summed E-state index contributed by atoms with van der Waals surface area (Å²) in [7, 11) is 0. The number of hydrogen-bond donors (Lipinski definition) is 2. The van der Waals surface area contributed by atoms with Crippen molar-refractivity contribution in [3.63, 3.8) is 0 Å². The van der Waals surface area contributed by atoms with E-state index in [4.69, 9.17) is 15.9 Å². The monoisotopic (exact) mass is 140 g/mol. The molecule has 0 saturated heterocycles. The Labute approximate surface area is 60.0 Å². The molecule has 3 nitrogen and oxygen atoms in total. The summed E-state index contributed by atoms with van der Waals surface area (Å²) in [4.78, 5) is 0. The van der Waals surface area contributed by atoms with Crippen LogP contribution < -0.4 is 11.5 Å². The summed E-state index contributed by atoms with van der Waals surface area (Å²) < 4.78 is 5.13. The van der Waals surface area contributed by atoms with Gasteiger partial charge in [0.25, 0.3) is 0 Å². The third-order valence-electron chi connectivity index (χ3n) is 1.75. The summed E-state index contributed by atoms with van der Waals surface area (Å²) in [6.07, 6.45) is 0. The van der Waals surface area contributed by atoms with Crippen LogP contribution in [0, 0.1) is 13.8 Å².